The van der Waals surface area contributed by atoms with Gasteiger partial charge in [-0.3, -0.25) is 9.59 Å². The predicted octanol–water partition coefficient (Wildman–Crippen LogP) is 2.33. The zero-order valence-electron chi connectivity index (χ0n) is 12.8. The molecule has 1 aliphatic rings. The fraction of sp³-hybridized carbons (Fsp3) is 0.294. The summed E-state index contributed by atoms with van der Waals surface area (Å²) in [6, 6.07) is 7.65. The summed E-state index contributed by atoms with van der Waals surface area (Å²) in [6.45, 7) is 3.42. The largest absolute Gasteiger partial charge is 0.459 e. The van der Waals surface area contributed by atoms with Crippen LogP contribution in [-0.4, -0.2) is 47.8 Å². The first-order valence-electron chi connectivity index (χ1n) is 7.44. The van der Waals surface area contributed by atoms with Gasteiger partial charge >= 0.3 is 0 Å². The predicted molar refractivity (Wildman–Crippen MR) is 81.7 cm³/mol. The van der Waals surface area contributed by atoms with Crippen molar-refractivity contribution >= 4 is 11.8 Å². The van der Waals surface area contributed by atoms with Gasteiger partial charge in [-0.15, -0.1) is 0 Å². The highest BCUT2D eigenvalue weighted by molar-refractivity contribution is 5.95. The molecular formula is C17H17FN2O3. The van der Waals surface area contributed by atoms with E-state index < -0.39 is 0 Å². The van der Waals surface area contributed by atoms with E-state index in [1.165, 1.54) is 18.4 Å². The molecule has 120 valence electrons. The standard InChI is InChI=1S/C17H17FN2O3/c1-12-11-13(4-5-14(12)18)16(21)19-6-8-20(9-7-19)17(22)15-3-2-10-23-15/h2-5,10-11H,6-9H2,1H3. The van der Waals surface area contributed by atoms with E-state index in [4.69, 9.17) is 4.42 Å². The van der Waals surface area contributed by atoms with Crippen LogP contribution in [-0.2, 0) is 0 Å². The van der Waals surface area contributed by atoms with Crippen molar-refractivity contribution in [2.45, 2.75) is 6.92 Å². The van der Waals surface area contributed by atoms with Crippen molar-refractivity contribution < 1.29 is 18.4 Å². The molecule has 0 atom stereocenters. The lowest BCUT2D eigenvalue weighted by molar-refractivity contribution is 0.0518. The molecule has 2 aromatic rings. The smallest absolute Gasteiger partial charge is 0.289 e. The summed E-state index contributed by atoms with van der Waals surface area (Å²) in [5.74, 6) is -0.327. The second-order valence-electron chi connectivity index (χ2n) is 5.53. The zero-order valence-corrected chi connectivity index (χ0v) is 12.8. The molecule has 2 heterocycles. The number of carbonyl (C=O) groups is 2. The third kappa shape index (κ3) is 3.11. The van der Waals surface area contributed by atoms with E-state index in [0.29, 0.717) is 43.1 Å². The van der Waals surface area contributed by atoms with Gasteiger partial charge in [0.2, 0.25) is 0 Å². The van der Waals surface area contributed by atoms with Gasteiger partial charge in [0, 0.05) is 31.7 Å². The maximum absolute atomic E-state index is 13.3. The number of hydrogen-bond donors (Lipinski definition) is 0. The number of rotatable bonds is 2. The minimum absolute atomic E-state index is 0.141. The number of nitrogens with zero attached hydrogens (tertiary/aromatic N) is 2. The van der Waals surface area contributed by atoms with Crippen LogP contribution in [0, 0.1) is 12.7 Å². The number of furan rings is 1. The summed E-state index contributed by atoms with van der Waals surface area (Å²) < 4.78 is 18.4. The Morgan fingerprint density at radius 2 is 1.70 bits per heavy atom. The van der Waals surface area contributed by atoms with Crippen molar-refractivity contribution in [3.8, 4) is 0 Å². The lowest BCUT2D eigenvalue weighted by Gasteiger charge is -2.34. The highest BCUT2D eigenvalue weighted by atomic mass is 19.1. The van der Waals surface area contributed by atoms with Crippen molar-refractivity contribution in [3.63, 3.8) is 0 Å². The zero-order chi connectivity index (χ0) is 16.4. The fourth-order valence-electron chi connectivity index (χ4n) is 2.63. The summed E-state index contributed by atoms with van der Waals surface area (Å²) in [4.78, 5) is 28.0. The molecule has 5 nitrogen and oxygen atoms in total. The summed E-state index contributed by atoms with van der Waals surface area (Å²) >= 11 is 0. The average molecular weight is 316 g/mol. The number of aryl methyl sites for hydroxylation is 1. The second-order valence-corrected chi connectivity index (χ2v) is 5.53. The SMILES string of the molecule is Cc1cc(C(=O)N2CCN(C(=O)c3ccco3)CC2)ccc1F. The Morgan fingerprint density at radius 3 is 2.26 bits per heavy atom. The van der Waals surface area contributed by atoms with Crippen molar-refractivity contribution in [2.75, 3.05) is 26.2 Å². The van der Waals surface area contributed by atoms with Gasteiger partial charge in [0.05, 0.1) is 6.26 Å². The monoisotopic (exact) mass is 316 g/mol. The molecule has 0 radical (unpaired) electrons. The van der Waals surface area contributed by atoms with E-state index in [1.54, 1.807) is 34.9 Å². The van der Waals surface area contributed by atoms with Gasteiger partial charge < -0.3 is 14.2 Å². The van der Waals surface area contributed by atoms with Crippen LogP contribution in [0.1, 0.15) is 26.5 Å². The number of halogens is 1. The van der Waals surface area contributed by atoms with E-state index in [0.717, 1.165) is 0 Å². The van der Waals surface area contributed by atoms with E-state index >= 15 is 0 Å². The maximum atomic E-state index is 13.3. The molecular weight excluding hydrogens is 299 g/mol. The van der Waals surface area contributed by atoms with Gasteiger partial charge in [-0.25, -0.2) is 4.39 Å². The van der Waals surface area contributed by atoms with Crippen LogP contribution in [0.25, 0.3) is 0 Å². The van der Waals surface area contributed by atoms with Crippen LogP contribution in [0.3, 0.4) is 0 Å². The number of amides is 2. The Kier molecular flexibility index (Phi) is 4.14. The van der Waals surface area contributed by atoms with Crippen LogP contribution in [0.15, 0.2) is 41.0 Å². The van der Waals surface area contributed by atoms with Crippen molar-refractivity contribution in [1.29, 1.82) is 0 Å². The normalized spacial score (nSPS) is 14.9. The molecule has 3 rings (SSSR count). The van der Waals surface area contributed by atoms with Crippen LogP contribution in [0.2, 0.25) is 0 Å². The van der Waals surface area contributed by atoms with Gasteiger partial charge in [0.25, 0.3) is 11.8 Å². The summed E-state index contributed by atoms with van der Waals surface area (Å²) in [5, 5.41) is 0. The van der Waals surface area contributed by atoms with Gasteiger partial charge in [-0.1, -0.05) is 0 Å². The highest BCUT2D eigenvalue weighted by Crippen LogP contribution is 2.14. The molecule has 0 aliphatic carbocycles. The van der Waals surface area contributed by atoms with E-state index in [9.17, 15) is 14.0 Å². The molecule has 0 unspecified atom stereocenters. The average Bonchev–Trinajstić information content (AvgIpc) is 3.11. The molecule has 1 saturated heterocycles. The topological polar surface area (TPSA) is 53.8 Å². The first-order valence-corrected chi connectivity index (χ1v) is 7.44. The first kappa shape index (κ1) is 15.3. The number of benzene rings is 1. The van der Waals surface area contributed by atoms with Crippen LogP contribution >= 0.6 is 0 Å². The van der Waals surface area contributed by atoms with Gasteiger partial charge in [-0.05, 0) is 42.8 Å². The van der Waals surface area contributed by atoms with Crippen molar-refractivity contribution in [2.24, 2.45) is 0 Å². The Bertz CT molecular complexity index is 719. The maximum Gasteiger partial charge on any atom is 0.289 e. The van der Waals surface area contributed by atoms with E-state index in [1.807, 2.05) is 0 Å². The molecule has 23 heavy (non-hydrogen) atoms. The molecule has 1 fully saturated rings. The number of piperazine rings is 1. The second kappa shape index (κ2) is 6.24. The molecule has 0 N–H and O–H groups in total. The molecule has 0 spiro atoms. The first-order chi connectivity index (χ1) is 11.1. The van der Waals surface area contributed by atoms with Crippen LogP contribution in [0.4, 0.5) is 4.39 Å². The lowest BCUT2D eigenvalue weighted by atomic mass is 10.1. The van der Waals surface area contributed by atoms with E-state index in [2.05, 4.69) is 0 Å². The van der Waals surface area contributed by atoms with Crippen molar-refractivity contribution in [1.82, 2.24) is 9.80 Å². The minimum atomic E-state index is -0.324. The number of carbonyl (C=O) groups excluding carboxylic acids is 2. The van der Waals surface area contributed by atoms with Crippen molar-refractivity contribution in [3.05, 3.63) is 59.3 Å². The molecule has 6 heteroatoms. The Balaban J connectivity index is 1.63. The highest BCUT2D eigenvalue weighted by Gasteiger charge is 2.26. The summed E-state index contributed by atoms with van der Waals surface area (Å²) in [5.41, 5.74) is 0.914. The summed E-state index contributed by atoms with van der Waals surface area (Å²) in [6.07, 6.45) is 1.46. The molecule has 1 aromatic carbocycles. The van der Waals surface area contributed by atoms with E-state index in [-0.39, 0.29) is 17.6 Å². The molecule has 0 saturated carbocycles. The third-order valence-corrected chi connectivity index (χ3v) is 3.99. The lowest BCUT2D eigenvalue weighted by Crippen LogP contribution is -2.50. The van der Waals surface area contributed by atoms with Crippen LogP contribution < -0.4 is 0 Å². The summed E-state index contributed by atoms with van der Waals surface area (Å²) in [7, 11) is 0. The third-order valence-electron chi connectivity index (χ3n) is 3.99. The Morgan fingerprint density at radius 1 is 1.04 bits per heavy atom. The fourth-order valence-corrected chi connectivity index (χ4v) is 2.63. The van der Waals surface area contributed by atoms with Gasteiger partial charge in [0.1, 0.15) is 5.82 Å². The minimum Gasteiger partial charge on any atom is -0.459 e. The number of hydrogen-bond acceptors (Lipinski definition) is 3. The molecule has 1 aromatic heterocycles. The molecule has 0 bridgehead atoms. The molecule has 1 aliphatic heterocycles. The Hall–Kier alpha value is -2.63. The van der Waals surface area contributed by atoms with Gasteiger partial charge in [-0.2, -0.15) is 0 Å². The van der Waals surface area contributed by atoms with Crippen LogP contribution in [0.5, 0.6) is 0 Å². The Labute approximate surface area is 133 Å². The quantitative estimate of drug-likeness (QED) is 0.854. The van der Waals surface area contributed by atoms with Gasteiger partial charge in [0.15, 0.2) is 5.76 Å². The molecule has 2 amide bonds.